The molecule has 0 N–H and O–H groups in total. The van der Waals surface area contributed by atoms with Crippen molar-refractivity contribution >= 4 is 53.9 Å². The standard InChI is InChI=1S/C56H36/c1-3-12-41-33-46(26-22-37(41)10-1)48-30-29-47-34-45(27-28-49(47)35-48)44-15-9-14-43(32-44)39-20-24-40(25-21-39)55-51-16-5-7-18-53(51)56(54-19-8-6-17-52(54)55)50-31-23-38-11-2-4-13-42(38)36-50/h1-36H. The van der Waals surface area contributed by atoms with Gasteiger partial charge in [0.15, 0.2) is 0 Å². The average molecular weight is 709 g/mol. The van der Waals surface area contributed by atoms with Gasteiger partial charge in [0.25, 0.3) is 0 Å². The maximum Gasteiger partial charge on any atom is -0.00262 e. The van der Waals surface area contributed by atoms with Gasteiger partial charge in [0.1, 0.15) is 0 Å². The van der Waals surface area contributed by atoms with Gasteiger partial charge in [0.05, 0.1) is 0 Å². The van der Waals surface area contributed by atoms with Crippen LogP contribution in [-0.2, 0) is 0 Å². The summed E-state index contributed by atoms with van der Waals surface area (Å²) >= 11 is 0. The maximum atomic E-state index is 2.34. The molecule has 0 aliphatic heterocycles. The normalized spacial score (nSPS) is 11.6. The molecule has 0 nitrogen and oxygen atoms in total. The first-order valence-corrected chi connectivity index (χ1v) is 19.4. The van der Waals surface area contributed by atoms with E-state index < -0.39 is 0 Å². The van der Waals surface area contributed by atoms with Gasteiger partial charge in [-0.05, 0) is 140 Å². The molecule has 56 heavy (non-hydrogen) atoms. The van der Waals surface area contributed by atoms with E-state index in [1.165, 1.54) is 109 Å². The van der Waals surface area contributed by atoms with E-state index in [0.29, 0.717) is 0 Å². The molecule has 0 fully saturated rings. The molecular weight excluding hydrogens is 673 g/mol. The molecule has 0 saturated carbocycles. The van der Waals surface area contributed by atoms with Crippen molar-refractivity contribution in [2.24, 2.45) is 0 Å². The number of benzene rings is 11. The molecular formula is C56H36. The maximum absolute atomic E-state index is 2.34. The second kappa shape index (κ2) is 13.2. The molecule has 0 spiro atoms. The molecule has 0 bridgehead atoms. The minimum atomic E-state index is 1.21. The Bertz CT molecular complexity index is 3240. The molecule has 0 heteroatoms. The van der Waals surface area contributed by atoms with Crippen molar-refractivity contribution in [2.45, 2.75) is 0 Å². The van der Waals surface area contributed by atoms with Gasteiger partial charge in [0, 0.05) is 0 Å². The molecule has 0 aliphatic carbocycles. The van der Waals surface area contributed by atoms with Crippen molar-refractivity contribution in [2.75, 3.05) is 0 Å². The van der Waals surface area contributed by atoms with Gasteiger partial charge in [-0.1, -0.05) is 188 Å². The van der Waals surface area contributed by atoms with Crippen molar-refractivity contribution in [1.82, 2.24) is 0 Å². The molecule has 11 aromatic carbocycles. The van der Waals surface area contributed by atoms with E-state index in [0.717, 1.165) is 0 Å². The zero-order valence-corrected chi connectivity index (χ0v) is 30.8. The summed E-state index contributed by atoms with van der Waals surface area (Å²) in [4.78, 5) is 0. The fourth-order valence-corrected chi connectivity index (χ4v) is 8.78. The Labute approximate surface area is 326 Å². The lowest BCUT2D eigenvalue weighted by Gasteiger charge is -2.18. The summed E-state index contributed by atoms with van der Waals surface area (Å²) in [5.74, 6) is 0. The predicted octanol–water partition coefficient (Wildman–Crippen LogP) is 15.8. The van der Waals surface area contributed by atoms with Crippen LogP contribution in [0.3, 0.4) is 0 Å². The van der Waals surface area contributed by atoms with Crippen LogP contribution in [0.2, 0.25) is 0 Å². The van der Waals surface area contributed by atoms with Crippen LogP contribution >= 0.6 is 0 Å². The van der Waals surface area contributed by atoms with E-state index in [1.807, 2.05) is 0 Å². The molecule has 11 aromatic rings. The summed E-state index contributed by atoms with van der Waals surface area (Å²) in [6, 6.07) is 80.3. The minimum absolute atomic E-state index is 1.21. The van der Waals surface area contributed by atoms with Crippen LogP contribution in [0.25, 0.3) is 109 Å². The molecule has 0 aromatic heterocycles. The first-order valence-electron chi connectivity index (χ1n) is 19.4. The van der Waals surface area contributed by atoms with Crippen molar-refractivity contribution in [3.05, 3.63) is 218 Å². The van der Waals surface area contributed by atoms with E-state index in [9.17, 15) is 0 Å². The third kappa shape index (κ3) is 5.54. The highest BCUT2D eigenvalue weighted by Crippen LogP contribution is 2.44. The summed E-state index contributed by atoms with van der Waals surface area (Å²) in [6.45, 7) is 0. The fourth-order valence-electron chi connectivity index (χ4n) is 8.78. The highest BCUT2D eigenvalue weighted by Gasteiger charge is 2.17. The third-order valence-corrected chi connectivity index (χ3v) is 11.6. The van der Waals surface area contributed by atoms with Crippen molar-refractivity contribution in [3.63, 3.8) is 0 Å². The average Bonchev–Trinajstić information content (AvgIpc) is 3.27. The Kier molecular flexibility index (Phi) is 7.60. The lowest BCUT2D eigenvalue weighted by Crippen LogP contribution is -1.91. The minimum Gasteiger partial charge on any atom is -0.0616 e. The monoisotopic (exact) mass is 708 g/mol. The molecule has 0 atom stereocenters. The largest absolute Gasteiger partial charge is 0.0616 e. The smallest absolute Gasteiger partial charge is 0.00262 e. The lowest BCUT2D eigenvalue weighted by atomic mass is 9.85. The Morgan fingerprint density at radius 2 is 0.464 bits per heavy atom. The lowest BCUT2D eigenvalue weighted by molar-refractivity contribution is 1.59. The molecule has 0 saturated heterocycles. The summed E-state index contributed by atoms with van der Waals surface area (Å²) in [5, 5.41) is 12.6. The molecule has 0 aliphatic rings. The van der Waals surface area contributed by atoms with E-state index in [1.54, 1.807) is 0 Å². The van der Waals surface area contributed by atoms with Crippen LogP contribution in [0.15, 0.2) is 218 Å². The molecule has 11 rings (SSSR count). The quantitative estimate of drug-likeness (QED) is 0.156. The molecule has 0 unspecified atom stereocenters. The number of fused-ring (bicyclic) bond motifs is 5. The Morgan fingerprint density at radius 1 is 0.161 bits per heavy atom. The van der Waals surface area contributed by atoms with Crippen LogP contribution in [0.4, 0.5) is 0 Å². The van der Waals surface area contributed by atoms with Gasteiger partial charge >= 0.3 is 0 Å². The van der Waals surface area contributed by atoms with E-state index in [2.05, 4.69) is 218 Å². The van der Waals surface area contributed by atoms with Gasteiger partial charge < -0.3 is 0 Å². The number of rotatable bonds is 5. The SMILES string of the molecule is c1cc(-c2ccc(-c3c4ccccc4c(-c4ccc5ccccc5c4)c4ccccc34)cc2)cc(-c2ccc3cc(-c4ccc5ccccc5c4)ccc3c2)c1. The van der Waals surface area contributed by atoms with Crippen molar-refractivity contribution in [3.8, 4) is 55.6 Å². The van der Waals surface area contributed by atoms with Crippen molar-refractivity contribution in [1.29, 1.82) is 0 Å². The number of hydrogen-bond acceptors (Lipinski definition) is 0. The third-order valence-electron chi connectivity index (χ3n) is 11.6. The highest BCUT2D eigenvalue weighted by molar-refractivity contribution is 6.21. The van der Waals surface area contributed by atoms with E-state index >= 15 is 0 Å². The first-order chi connectivity index (χ1) is 27.7. The predicted molar refractivity (Wildman–Crippen MR) is 241 cm³/mol. The van der Waals surface area contributed by atoms with Crippen LogP contribution in [0, 0.1) is 0 Å². The van der Waals surface area contributed by atoms with Crippen LogP contribution in [0.1, 0.15) is 0 Å². The highest BCUT2D eigenvalue weighted by atomic mass is 14.2. The zero-order valence-electron chi connectivity index (χ0n) is 30.8. The summed E-state index contributed by atoms with van der Waals surface area (Å²) in [7, 11) is 0. The van der Waals surface area contributed by atoms with Gasteiger partial charge in [-0.2, -0.15) is 0 Å². The Morgan fingerprint density at radius 3 is 0.964 bits per heavy atom. The van der Waals surface area contributed by atoms with Gasteiger partial charge in [0.2, 0.25) is 0 Å². The topological polar surface area (TPSA) is 0 Å². The fraction of sp³-hybridized carbons (Fsp3) is 0. The molecule has 0 radical (unpaired) electrons. The van der Waals surface area contributed by atoms with Crippen LogP contribution in [-0.4, -0.2) is 0 Å². The zero-order chi connectivity index (χ0) is 37.0. The molecule has 0 amide bonds. The van der Waals surface area contributed by atoms with E-state index in [-0.39, 0.29) is 0 Å². The molecule has 0 heterocycles. The van der Waals surface area contributed by atoms with E-state index in [4.69, 9.17) is 0 Å². The molecule has 260 valence electrons. The van der Waals surface area contributed by atoms with Crippen LogP contribution in [0.5, 0.6) is 0 Å². The first kappa shape index (κ1) is 32.2. The Balaban J connectivity index is 0.940. The van der Waals surface area contributed by atoms with Gasteiger partial charge in [-0.15, -0.1) is 0 Å². The van der Waals surface area contributed by atoms with Gasteiger partial charge in [-0.3, -0.25) is 0 Å². The van der Waals surface area contributed by atoms with Crippen molar-refractivity contribution < 1.29 is 0 Å². The number of hydrogen-bond donors (Lipinski definition) is 0. The van der Waals surface area contributed by atoms with Crippen LogP contribution < -0.4 is 0 Å². The Hall–Kier alpha value is -7.28. The summed E-state index contributed by atoms with van der Waals surface area (Å²) in [5.41, 5.74) is 12.4. The summed E-state index contributed by atoms with van der Waals surface area (Å²) < 4.78 is 0. The van der Waals surface area contributed by atoms with Gasteiger partial charge in [-0.25, -0.2) is 0 Å². The summed E-state index contributed by atoms with van der Waals surface area (Å²) in [6.07, 6.45) is 0. The second-order valence-electron chi connectivity index (χ2n) is 14.9. The second-order valence-corrected chi connectivity index (χ2v) is 14.9.